The molecule has 0 radical (unpaired) electrons. The highest BCUT2D eigenvalue weighted by Gasteiger charge is 2.13. The van der Waals surface area contributed by atoms with Crippen LogP contribution in [0.5, 0.6) is 5.88 Å². The van der Waals surface area contributed by atoms with Gasteiger partial charge in [-0.3, -0.25) is 14.9 Å². The number of nitrogens with zero attached hydrogens (tertiary/aromatic N) is 2. The molecular formula is C20H18N4O3. The summed E-state index contributed by atoms with van der Waals surface area (Å²) in [5.41, 5.74) is 1.94. The Balaban J connectivity index is 1.81. The van der Waals surface area contributed by atoms with Crippen LogP contribution in [0, 0.1) is 6.92 Å². The number of amides is 2. The molecular weight excluding hydrogens is 344 g/mol. The van der Waals surface area contributed by atoms with Crippen molar-refractivity contribution in [1.29, 1.82) is 0 Å². The fourth-order valence-electron chi connectivity index (χ4n) is 2.39. The molecule has 0 saturated heterocycles. The molecule has 3 aromatic rings. The number of methoxy groups -OCH3 is 1. The lowest BCUT2D eigenvalue weighted by molar-refractivity contribution is 0.101. The Morgan fingerprint density at radius 2 is 1.56 bits per heavy atom. The molecule has 1 aromatic heterocycles. The molecule has 0 unspecified atom stereocenters. The van der Waals surface area contributed by atoms with Crippen LogP contribution in [0.2, 0.25) is 0 Å². The summed E-state index contributed by atoms with van der Waals surface area (Å²) in [5, 5.41) is 5.30. The van der Waals surface area contributed by atoms with Gasteiger partial charge in [0.1, 0.15) is 5.82 Å². The SMILES string of the molecule is COc1cc(NC(=O)c2cccc(C)c2)nc(NC(=O)c2ccccc2)n1. The van der Waals surface area contributed by atoms with E-state index in [2.05, 4.69) is 20.6 Å². The standard InChI is InChI=1S/C20H18N4O3/c1-13-7-6-10-15(11-13)19(26)21-16-12-17(27-2)23-20(22-16)24-18(25)14-8-4-3-5-9-14/h3-12H,1-2H3,(H2,21,22,23,24,25,26). The van der Waals surface area contributed by atoms with Gasteiger partial charge in [0.05, 0.1) is 7.11 Å². The number of carbonyl (C=O) groups excluding carboxylic acids is 2. The van der Waals surface area contributed by atoms with Crippen LogP contribution in [-0.2, 0) is 0 Å². The second kappa shape index (κ2) is 8.09. The van der Waals surface area contributed by atoms with E-state index in [1.165, 1.54) is 13.2 Å². The van der Waals surface area contributed by atoms with Gasteiger partial charge in [-0.15, -0.1) is 0 Å². The summed E-state index contributed by atoms with van der Waals surface area (Å²) in [4.78, 5) is 33.0. The van der Waals surface area contributed by atoms with Gasteiger partial charge >= 0.3 is 0 Å². The van der Waals surface area contributed by atoms with Gasteiger partial charge in [-0.2, -0.15) is 9.97 Å². The summed E-state index contributed by atoms with van der Waals surface area (Å²) in [6.07, 6.45) is 0. The molecule has 0 aliphatic heterocycles. The van der Waals surface area contributed by atoms with Gasteiger partial charge in [0.2, 0.25) is 11.8 Å². The number of aryl methyl sites for hydroxylation is 1. The Morgan fingerprint density at radius 1 is 0.852 bits per heavy atom. The van der Waals surface area contributed by atoms with E-state index in [4.69, 9.17) is 4.74 Å². The van der Waals surface area contributed by atoms with E-state index in [1.807, 2.05) is 19.1 Å². The van der Waals surface area contributed by atoms with Crippen molar-refractivity contribution in [2.24, 2.45) is 0 Å². The van der Waals surface area contributed by atoms with Crippen molar-refractivity contribution in [3.05, 3.63) is 77.4 Å². The summed E-state index contributed by atoms with van der Waals surface area (Å²) in [5.74, 6) is -0.216. The number of rotatable bonds is 5. The van der Waals surface area contributed by atoms with Gasteiger partial charge in [0.25, 0.3) is 11.8 Å². The van der Waals surface area contributed by atoms with Gasteiger partial charge in [-0.05, 0) is 31.2 Å². The van der Waals surface area contributed by atoms with Gasteiger partial charge in [0, 0.05) is 17.2 Å². The molecule has 1 heterocycles. The minimum absolute atomic E-state index is 0.0303. The molecule has 3 rings (SSSR count). The second-order valence-electron chi connectivity index (χ2n) is 5.76. The molecule has 2 aromatic carbocycles. The molecule has 0 saturated carbocycles. The number of benzene rings is 2. The van der Waals surface area contributed by atoms with Crippen molar-refractivity contribution in [3.63, 3.8) is 0 Å². The lowest BCUT2D eigenvalue weighted by Crippen LogP contribution is -2.17. The Bertz CT molecular complexity index is 974. The monoisotopic (exact) mass is 362 g/mol. The summed E-state index contributed by atoms with van der Waals surface area (Å²) in [7, 11) is 1.44. The van der Waals surface area contributed by atoms with E-state index in [0.717, 1.165) is 5.56 Å². The fraction of sp³-hybridized carbons (Fsp3) is 0.100. The summed E-state index contributed by atoms with van der Waals surface area (Å²) in [6, 6.07) is 17.3. The van der Waals surface area contributed by atoms with Gasteiger partial charge in [-0.25, -0.2) is 0 Å². The quantitative estimate of drug-likeness (QED) is 0.726. The van der Waals surface area contributed by atoms with Gasteiger partial charge in [-0.1, -0.05) is 35.9 Å². The van der Waals surface area contributed by atoms with Crippen molar-refractivity contribution in [1.82, 2.24) is 9.97 Å². The topological polar surface area (TPSA) is 93.2 Å². The predicted molar refractivity (Wildman–Crippen MR) is 102 cm³/mol. The molecule has 7 nitrogen and oxygen atoms in total. The zero-order chi connectivity index (χ0) is 19.2. The number of carbonyl (C=O) groups is 2. The van der Waals surface area contributed by atoms with E-state index in [1.54, 1.807) is 42.5 Å². The lowest BCUT2D eigenvalue weighted by atomic mass is 10.1. The molecule has 0 atom stereocenters. The van der Waals surface area contributed by atoms with E-state index in [0.29, 0.717) is 11.1 Å². The zero-order valence-corrected chi connectivity index (χ0v) is 14.9. The average molecular weight is 362 g/mol. The van der Waals surface area contributed by atoms with Gasteiger partial charge in [0.15, 0.2) is 0 Å². The van der Waals surface area contributed by atoms with E-state index in [9.17, 15) is 9.59 Å². The van der Waals surface area contributed by atoms with Crippen LogP contribution in [0.3, 0.4) is 0 Å². The molecule has 7 heteroatoms. The first kappa shape index (κ1) is 18.1. The Hall–Kier alpha value is -3.74. The highest BCUT2D eigenvalue weighted by atomic mass is 16.5. The number of nitrogens with one attached hydrogen (secondary N) is 2. The van der Waals surface area contributed by atoms with Gasteiger partial charge < -0.3 is 10.1 Å². The third-order valence-corrected chi connectivity index (χ3v) is 3.69. The maximum Gasteiger partial charge on any atom is 0.258 e. The van der Waals surface area contributed by atoms with E-state index in [-0.39, 0.29) is 29.5 Å². The highest BCUT2D eigenvalue weighted by Crippen LogP contribution is 2.17. The van der Waals surface area contributed by atoms with Crippen molar-refractivity contribution in [3.8, 4) is 5.88 Å². The molecule has 0 bridgehead atoms. The number of ether oxygens (including phenoxy) is 1. The molecule has 0 aliphatic carbocycles. The first-order valence-electron chi connectivity index (χ1n) is 8.22. The minimum Gasteiger partial charge on any atom is -0.481 e. The van der Waals surface area contributed by atoms with Crippen LogP contribution >= 0.6 is 0 Å². The Kier molecular flexibility index (Phi) is 5.41. The smallest absolute Gasteiger partial charge is 0.258 e. The van der Waals surface area contributed by atoms with Crippen molar-refractivity contribution in [2.75, 3.05) is 17.7 Å². The maximum absolute atomic E-state index is 12.4. The molecule has 0 fully saturated rings. The Labute approximate surface area is 156 Å². The zero-order valence-electron chi connectivity index (χ0n) is 14.9. The molecule has 2 N–H and O–H groups in total. The summed E-state index contributed by atoms with van der Waals surface area (Å²) in [6.45, 7) is 1.90. The third-order valence-electron chi connectivity index (χ3n) is 3.69. The van der Waals surface area contributed by atoms with Crippen LogP contribution in [-0.4, -0.2) is 28.9 Å². The average Bonchev–Trinajstić information content (AvgIpc) is 2.68. The number of anilines is 2. The molecule has 27 heavy (non-hydrogen) atoms. The first-order valence-corrected chi connectivity index (χ1v) is 8.22. The Morgan fingerprint density at radius 3 is 2.26 bits per heavy atom. The second-order valence-corrected chi connectivity index (χ2v) is 5.76. The maximum atomic E-state index is 12.4. The van der Waals surface area contributed by atoms with Crippen molar-refractivity contribution >= 4 is 23.6 Å². The van der Waals surface area contributed by atoms with Crippen LogP contribution in [0.15, 0.2) is 60.7 Å². The molecule has 136 valence electrons. The van der Waals surface area contributed by atoms with Crippen LogP contribution in [0.25, 0.3) is 0 Å². The number of hydrogen-bond donors (Lipinski definition) is 2. The molecule has 0 aliphatic rings. The van der Waals surface area contributed by atoms with Crippen molar-refractivity contribution < 1.29 is 14.3 Å². The number of hydrogen-bond acceptors (Lipinski definition) is 5. The predicted octanol–water partition coefficient (Wildman–Crippen LogP) is 3.30. The largest absolute Gasteiger partial charge is 0.481 e. The van der Waals surface area contributed by atoms with Crippen LogP contribution in [0.1, 0.15) is 26.3 Å². The van der Waals surface area contributed by atoms with E-state index >= 15 is 0 Å². The molecule has 0 spiro atoms. The number of aromatic nitrogens is 2. The van der Waals surface area contributed by atoms with Crippen LogP contribution < -0.4 is 15.4 Å². The third kappa shape index (κ3) is 4.66. The summed E-state index contributed by atoms with van der Waals surface area (Å²) >= 11 is 0. The lowest BCUT2D eigenvalue weighted by Gasteiger charge is -2.10. The summed E-state index contributed by atoms with van der Waals surface area (Å²) < 4.78 is 5.14. The normalized spacial score (nSPS) is 10.1. The molecule has 2 amide bonds. The fourth-order valence-corrected chi connectivity index (χ4v) is 2.39. The van der Waals surface area contributed by atoms with E-state index < -0.39 is 0 Å². The first-order chi connectivity index (χ1) is 13.0. The minimum atomic E-state index is -0.361. The van der Waals surface area contributed by atoms with Crippen molar-refractivity contribution in [2.45, 2.75) is 6.92 Å². The highest BCUT2D eigenvalue weighted by molar-refractivity contribution is 6.05. The van der Waals surface area contributed by atoms with Crippen LogP contribution in [0.4, 0.5) is 11.8 Å².